The van der Waals surface area contributed by atoms with E-state index in [2.05, 4.69) is 27.7 Å². The Balaban J connectivity index is 1.30. The minimum absolute atomic E-state index is 0.0170. The van der Waals surface area contributed by atoms with Crippen LogP contribution in [0.15, 0.2) is 54.6 Å². The highest BCUT2D eigenvalue weighted by molar-refractivity contribution is 5.90. The summed E-state index contributed by atoms with van der Waals surface area (Å²) in [5.74, 6) is -0.167. The van der Waals surface area contributed by atoms with Crippen molar-refractivity contribution in [3.05, 3.63) is 65.7 Å². The average Bonchev–Trinajstić information content (AvgIpc) is 2.84. The van der Waals surface area contributed by atoms with Crippen LogP contribution in [0.3, 0.4) is 0 Å². The van der Waals surface area contributed by atoms with Gasteiger partial charge in [-0.25, -0.2) is 4.79 Å². The Morgan fingerprint density at radius 1 is 0.938 bits per heavy atom. The highest BCUT2D eigenvalue weighted by atomic mass is 16.5. The van der Waals surface area contributed by atoms with Gasteiger partial charge in [-0.1, -0.05) is 42.5 Å². The fraction of sp³-hybridized carbons (Fsp3) is 0.440. The third-order valence-electron chi connectivity index (χ3n) is 6.17. The van der Waals surface area contributed by atoms with E-state index in [-0.39, 0.29) is 17.9 Å². The van der Waals surface area contributed by atoms with Crippen LogP contribution in [-0.4, -0.2) is 61.1 Å². The molecule has 2 aliphatic heterocycles. The number of amides is 3. The minimum Gasteiger partial charge on any atom is -0.379 e. The molecule has 7 nitrogen and oxygen atoms in total. The van der Waals surface area contributed by atoms with Gasteiger partial charge in [0.15, 0.2) is 0 Å². The van der Waals surface area contributed by atoms with E-state index in [1.165, 1.54) is 5.56 Å². The zero-order chi connectivity index (χ0) is 22.2. The highest BCUT2D eigenvalue weighted by Crippen LogP contribution is 2.19. The SMILES string of the molecule is O=C(NCc1ccccc1CN1CCOCC1)C1CCCN(C(=O)Nc2ccccc2)C1. The quantitative estimate of drug-likeness (QED) is 0.730. The van der Waals surface area contributed by atoms with Crippen LogP contribution >= 0.6 is 0 Å². The second-order valence-electron chi connectivity index (χ2n) is 8.46. The monoisotopic (exact) mass is 436 g/mol. The van der Waals surface area contributed by atoms with Crippen LogP contribution < -0.4 is 10.6 Å². The number of anilines is 1. The topological polar surface area (TPSA) is 73.9 Å². The number of rotatable bonds is 6. The van der Waals surface area contributed by atoms with Gasteiger partial charge in [0.05, 0.1) is 19.1 Å². The Kier molecular flexibility index (Phi) is 7.74. The summed E-state index contributed by atoms with van der Waals surface area (Å²) < 4.78 is 5.44. The number of nitrogens with one attached hydrogen (secondary N) is 2. The molecule has 1 unspecified atom stereocenters. The van der Waals surface area contributed by atoms with Crippen molar-refractivity contribution in [2.75, 3.05) is 44.7 Å². The van der Waals surface area contributed by atoms with Crippen molar-refractivity contribution in [3.63, 3.8) is 0 Å². The molecule has 2 fully saturated rings. The van der Waals surface area contributed by atoms with Crippen LogP contribution in [-0.2, 0) is 22.6 Å². The number of nitrogens with zero attached hydrogens (tertiary/aromatic N) is 2. The molecular formula is C25H32N4O3. The van der Waals surface area contributed by atoms with Gasteiger partial charge in [-0.05, 0) is 36.1 Å². The van der Waals surface area contributed by atoms with Crippen LogP contribution in [0.2, 0.25) is 0 Å². The van der Waals surface area contributed by atoms with E-state index >= 15 is 0 Å². The Morgan fingerprint density at radius 2 is 1.66 bits per heavy atom. The Bertz CT molecular complexity index is 899. The maximum absolute atomic E-state index is 12.9. The van der Waals surface area contributed by atoms with E-state index in [0.717, 1.165) is 56.9 Å². The minimum atomic E-state index is -0.184. The van der Waals surface area contributed by atoms with Crippen molar-refractivity contribution in [2.45, 2.75) is 25.9 Å². The lowest BCUT2D eigenvalue weighted by Gasteiger charge is -2.32. The number of benzene rings is 2. The molecule has 2 aromatic rings. The van der Waals surface area contributed by atoms with E-state index in [4.69, 9.17) is 4.74 Å². The molecule has 0 radical (unpaired) electrons. The summed E-state index contributed by atoms with van der Waals surface area (Å²) in [6, 6.07) is 17.5. The van der Waals surface area contributed by atoms with Crippen molar-refractivity contribution >= 4 is 17.6 Å². The Labute approximate surface area is 189 Å². The van der Waals surface area contributed by atoms with Gasteiger partial charge in [0.25, 0.3) is 0 Å². The number of para-hydroxylation sites is 1. The predicted octanol–water partition coefficient (Wildman–Crippen LogP) is 3.08. The lowest BCUT2D eigenvalue weighted by atomic mass is 9.97. The maximum atomic E-state index is 12.9. The summed E-state index contributed by atoms with van der Waals surface area (Å²) in [7, 11) is 0. The standard InChI is InChI=1S/C25H32N4O3/c30-24(22-9-6-12-29(19-22)25(31)27-23-10-2-1-3-11-23)26-17-20-7-4-5-8-21(20)18-28-13-15-32-16-14-28/h1-5,7-8,10-11,22H,6,9,12-19H2,(H,26,30)(H,27,31). The number of likely N-dealkylation sites (tertiary alicyclic amines) is 1. The van der Waals surface area contributed by atoms with Crippen LogP contribution in [0.1, 0.15) is 24.0 Å². The summed E-state index contributed by atoms with van der Waals surface area (Å²) in [6.45, 7) is 5.90. The first kappa shape index (κ1) is 22.3. The van der Waals surface area contributed by atoms with E-state index < -0.39 is 0 Å². The molecule has 7 heteroatoms. The largest absolute Gasteiger partial charge is 0.379 e. The first-order chi connectivity index (χ1) is 15.7. The average molecular weight is 437 g/mol. The lowest BCUT2D eigenvalue weighted by Crippen LogP contribution is -2.46. The number of piperidine rings is 1. The summed E-state index contributed by atoms with van der Waals surface area (Å²) in [6.07, 6.45) is 1.63. The molecule has 3 amide bonds. The first-order valence-corrected chi connectivity index (χ1v) is 11.4. The molecule has 2 aliphatic rings. The molecule has 0 aliphatic carbocycles. The van der Waals surface area contributed by atoms with E-state index in [1.807, 2.05) is 42.5 Å². The van der Waals surface area contributed by atoms with Crippen LogP contribution in [0, 0.1) is 5.92 Å². The van der Waals surface area contributed by atoms with Gasteiger partial charge in [0.2, 0.25) is 5.91 Å². The zero-order valence-corrected chi connectivity index (χ0v) is 18.5. The summed E-state index contributed by atoms with van der Waals surface area (Å²) in [5, 5.41) is 6.03. The summed E-state index contributed by atoms with van der Waals surface area (Å²) in [4.78, 5) is 29.6. The van der Waals surface area contributed by atoms with Gasteiger partial charge in [-0.15, -0.1) is 0 Å². The Hall–Kier alpha value is -2.90. The fourth-order valence-corrected chi connectivity index (χ4v) is 4.31. The molecule has 0 bridgehead atoms. The van der Waals surface area contributed by atoms with Crippen LogP contribution in [0.4, 0.5) is 10.5 Å². The summed E-state index contributed by atoms with van der Waals surface area (Å²) in [5.41, 5.74) is 3.14. The molecule has 0 aromatic heterocycles. The molecule has 32 heavy (non-hydrogen) atoms. The van der Waals surface area contributed by atoms with Gasteiger partial charge in [0, 0.05) is 45.0 Å². The van der Waals surface area contributed by atoms with Crippen LogP contribution in [0.5, 0.6) is 0 Å². The lowest BCUT2D eigenvalue weighted by molar-refractivity contribution is -0.126. The number of ether oxygens (including phenoxy) is 1. The molecule has 0 spiro atoms. The van der Waals surface area contributed by atoms with Crippen molar-refractivity contribution in [1.29, 1.82) is 0 Å². The normalized spacial score (nSPS) is 19.4. The zero-order valence-electron chi connectivity index (χ0n) is 18.5. The molecular weight excluding hydrogens is 404 g/mol. The van der Waals surface area contributed by atoms with Gasteiger partial charge >= 0.3 is 6.03 Å². The van der Waals surface area contributed by atoms with Crippen molar-refractivity contribution in [2.24, 2.45) is 5.92 Å². The van der Waals surface area contributed by atoms with Gasteiger partial charge in [0.1, 0.15) is 0 Å². The van der Waals surface area contributed by atoms with E-state index in [9.17, 15) is 9.59 Å². The number of carbonyl (C=O) groups excluding carboxylic acids is 2. The number of carbonyl (C=O) groups is 2. The van der Waals surface area contributed by atoms with Gasteiger partial charge < -0.3 is 20.3 Å². The second-order valence-corrected chi connectivity index (χ2v) is 8.46. The molecule has 2 heterocycles. The molecule has 2 aromatic carbocycles. The van der Waals surface area contributed by atoms with Crippen molar-refractivity contribution < 1.29 is 14.3 Å². The molecule has 0 saturated carbocycles. The number of urea groups is 1. The molecule has 170 valence electrons. The maximum Gasteiger partial charge on any atom is 0.321 e. The molecule has 4 rings (SSSR count). The number of morpholine rings is 1. The molecule has 2 saturated heterocycles. The van der Waals surface area contributed by atoms with Crippen molar-refractivity contribution in [1.82, 2.24) is 15.1 Å². The summed E-state index contributed by atoms with van der Waals surface area (Å²) >= 11 is 0. The van der Waals surface area contributed by atoms with Gasteiger partial charge in [-0.2, -0.15) is 0 Å². The van der Waals surface area contributed by atoms with Crippen molar-refractivity contribution in [3.8, 4) is 0 Å². The second kappa shape index (κ2) is 11.1. The predicted molar refractivity (Wildman–Crippen MR) is 124 cm³/mol. The Morgan fingerprint density at radius 3 is 2.44 bits per heavy atom. The fourth-order valence-electron chi connectivity index (χ4n) is 4.31. The first-order valence-electron chi connectivity index (χ1n) is 11.4. The number of hydrogen-bond donors (Lipinski definition) is 2. The van der Waals surface area contributed by atoms with Crippen LogP contribution in [0.25, 0.3) is 0 Å². The third kappa shape index (κ3) is 6.08. The van der Waals surface area contributed by atoms with E-state index in [1.54, 1.807) is 4.90 Å². The molecule has 2 N–H and O–H groups in total. The van der Waals surface area contributed by atoms with E-state index in [0.29, 0.717) is 19.6 Å². The number of hydrogen-bond acceptors (Lipinski definition) is 4. The molecule has 1 atom stereocenters. The smallest absolute Gasteiger partial charge is 0.321 e. The highest BCUT2D eigenvalue weighted by Gasteiger charge is 2.28. The third-order valence-corrected chi connectivity index (χ3v) is 6.17. The van der Waals surface area contributed by atoms with Gasteiger partial charge in [-0.3, -0.25) is 9.69 Å².